The lowest BCUT2D eigenvalue weighted by atomic mass is 9.98. The van der Waals surface area contributed by atoms with Gasteiger partial charge in [0.05, 0.1) is 16.7 Å². The van der Waals surface area contributed by atoms with Crippen molar-refractivity contribution in [2.75, 3.05) is 6.61 Å². The second-order valence-corrected chi connectivity index (χ2v) is 6.90. The minimum atomic E-state index is 0.133. The van der Waals surface area contributed by atoms with E-state index in [-0.39, 0.29) is 11.7 Å². The fourth-order valence-corrected chi connectivity index (χ4v) is 4.09. The molecule has 1 heterocycles. The molecule has 2 aliphatic rings. The van der Waals surface area contributed by atoms with Gasteiger partial charge in [0.1, 0.15) is 12.4 Å². The molecule has 21 heavy (non-hydrogen) atoms. The van der Waals surface area contributed by atoms with Crippen LogP contribution < -0.4 is 10.5 Å². The highest BCUT2D eigenvalue weighted by Gasteiger charge is 2.42. The standard InChI is InChI=1S/C16H21Cl2NO2/c17-12-7-11(9-19)15(14(18)8-12)20-10-13-3-6-16(21-13)4-1-2-5-16/h7-8,13H,1-6,9-10,19H2. The van der Waals surface area contributed by atoms with Gasteiger partial charge in [-0.3, -0.25) is 0 Å². The summed E-state index contributed by atoms with van der Waals surface area (Å²) in [6.07, 6.45) is 7.32. The number of benzene rings is 1. The minimum Gasteiger partial charge on any atom is -0.489 e. The normalized spacial score (nSPS) is 23.9. The van der Waals surface area contributed by atoms with Crippen molar-refractivity contribution in [2.45, 2.75) is 56.8 Å². The maximum atomic E-state index is 6.24. The van der Waals surface area contributed by atoms with Crippen LogP contribution in [-0.2, 0) is 11.3 Å². The molecule has 0 bridgehead atoms. The van der Waals surface area contributed by atoms with Crippen LogP contribution in [0.25, 0.3) is 0 Å². The highest BCUT2D eigenvalue weighted by Crippen LogP contribution is 2.43. The van der Waals surface area contributed by atoms with Crippen LogP contribution in [0.3, 0.4) is 0 Å². The van der Waals surface area contributed by atoms with E-state index in [0.717, 1.165) is 18.4 Å². The molecule has 2 N–H and O–H groups in total. The summed E-state index contributed by atoms with van der Waals surface area (Å²) < 4.78 is 12.1. The van der Waals surface area contributed by atoms with E-state index in [2.05, 4.69) is 0 Å². The van der Waals surface area contributed by atoms with Gasteiger partial charge in [-0.1, -0.05) is 36.0 Å². The largest absolute Gasteiger partial charge is 0.489 e. The first-order chi connectivity index (χ1) is 10.1. The molecule has 5 heteroatoms. The average Bonchev–Trinajstić information content (AvgIpc) is 3.08. The monoisotopic (exact) mass is 329 g/mol. The summed E-state index contributed by atoms with van der Waals surface area (Å²) in [5.74, 6) is 0.638. The number of ether oxygens (including phenoxy) is 2. The van der Waals surface area contributed by atoms with E-state index in [1.807, 2.05) is 0 Å². The third-order valence-electron chi connectivity index (χ3n) is 4.57. The molecule has 1 saturated heterocycles. The minimum absolute atomic E-state index is 0.133. The van der Waals surface area contributed by atoms with Gasteiger partial charge >= 0.3 is 0 Å². The van der Waals surface area contributed by atoms with Crippen molar-refractivity contribution in [3.05, 3.63) is 27.7 Å². The Kier molecular flexibility index (Phi) is 4.65. The second-order valence-electron chi connectivity index (χ2n) is 6.06. The molecule has 0 amide bonds. The molecule has 1 spiro atoms. The van der Waals surface area contributed by atoms with Crippen molar-refractivity contribution in [2.24, 2.45) is 5.73 Å². The van der Waals surface area contributed by atoms with Gasteiger partial charge in [-0.25, -0.2) is 0 Å². The first-order valence-electron chi connectivity index (χ1n) is 7.60. The molecular weight excluding hydrogens is 309 g/mol. The molecule has 0 aromatic heterocycles. The lowest BCUT2D eigenvalue weighted by Crippen LogP contribution is -2.27. The smallest absolute Gasteiger partial charge is 0.142 e. The predicted octanol–water partition coefficient (Wildman–Crippen LogP) is 4.32. The van der Waals surface area contributed by atoms with Gasteiger partial charge in [-0.2, -0.15) is 0 Å². The van der Waals surface area contributed by atoms with Gasteiger partial charge in [-0.15, -0.1) is 0 Å². The lowest BCUT2D eigenvalue weighted by Gasteiger charge is -2.24. The molecule has 1 aromatic rings. The van der Waals surface area contributed by atoms with Crippen molar-refractivity contribution in [3.8, 4) is 5.75 Å². The van der Waals surface area contributed by atoms with Crippen LogP contribution in [0.4, 0.5) is 0 Å². The van der Waals surface area contributed by atoms with Crippen LogP contribution in [0.15, 0.2) is 12.1 Å². The van der Waals surface area contributed by atoms with Crippen molar-refractivity contribution in [1.29, 1.82) is 0 Å². The summed E-state index contributed by atoms with van der Waals surface area (Å²) in [6, 6.07) is 3.49. The van der Waals surface area contributed by atoms with Crippen LogP contribution in [0.5, 0.6) is 5.75 Å². The van der Waals surface area contributed by atoms with Gasteiger partial charge < -0.3 is 15.2 Å². The first kappa shape index (κ1) is 15.4. The van der Waals surface area contributed by atoms with E-state index in [1.165, 1.54) is 25.7 Å². The first-order valence-corrected chi connectivity index (χ1v) is 8.36. The fraction of sp³-hybridized carbons (Fsp3) is 0.625. The van der Waals surface area contributed by atoms with Crippen molar-refractivity contribution < 1.29 is 9.47 Å². The van der Waals surface area contributed by atoms with E-state index in [1.54, 1.807) is 12.1 Å². The van der Waals surface area contributed by atoms with Crippen LogP contribution in [0.1, 0.15) is 44.1 Å². The molecule has 116 valence electrons. The third kappa shape index (κ3) is 3.31. The van der Waals surface area contributed by atoms with E-state index < -0.39 is 0 Å². The molecule has 1 aromatic carbocycles. The Labute approximate surface area is 135 Å². The summed E-state index contributed by atoms with van der Waals surface area (Å²) in [7, 11) is 0. The lowest BCUT2D eigenvalue weighted by molar-refractivity contribution is -0.0509. The quantitative estimate of drug-likeness (QED) is 0.894. The highest BCUT2D eigenvalue weighted by molar-refractivity contribution is 6.35. The van der Waals surface area contributed by atoms with Crippen LogP contribution >= 0.6 is 23.2 Å². The molecule has 1 aliphatic heterocycles. The van der Waals surface area contributed by atoms with Crippen molar-refractivity contribution >= 4 is 23.2 Å². The Morgan fingerprint density at radius 3 is 2.71 bits per heavy atom. The Bertz CT molecular complexity index is 515. The van der Waals surface area contributed by atoms with E-state index in [9.17, 15) is 0 Å². The molecular formula is C16H21Cl2NO2. The summed E-state index contributed by atoms with van der Waals surface area (Å²) >= 11 is 12.2. The SMILES string of the molecule is NCc1cc(Cl)cc(Cl)c1OCC1CCC2(CCCC2)O1. The topological polar surface area (TPSA) is 44.5 Å². The predicted molar refractivity (Wildman–Crippen MR) is 85.2 cm³/mol. The second kappa shape index (κ2) is 6.33. The molecule has 1 saturated carbocycles. The zero-order chi connectivity index (χ0) is 14.9. The number of rotatable bonds is 4. The van der Waals surface area contributed by atoms with Gasteiger partial charge in [0.2, 0.25) is 0 Å². The van der Waals surface area contributed by atoms with Gasteiger partial charge in [0.25, 0.3) is 0 Å². The zero-order valence-electron chi connectivity index (χ0n) is 12.0. The Morgan fingerprint density at radius 1 is 1.24 bits per heavy atom. The Hall–Kier alpha value is -0.480. The molecule has 0 radical (unpaired) electrons. The van der Waals surface area contributed by atoms with Gasteiger partial charge in [-0.05, 0) is 37.8 Å². The van der Waals surface area contributed by atoms with Crippen LogP contribution in [0.2, 0.25) is 10.0 Å². The van der Waals surface area contributed by atoms with E-state index in [4.69, 9.17) is 38.4 Å². The molecule has 1 unspecified atom stereocenters. The number of hydrogen-bond acceptors (Lipinski definition) is 3. The third-order valence-corrected chi connectivity index (χ3v) is 5.07. The summed E-state index contributed by atoms with van der Waals surface area (Å²) in [5.41, 5.74) is 6.71. The molecule has 3 rings (SSSR count). The van der Waals surface area contributed by atoms with Crippen LogP contribution in [-0.4, -0.2) is 18.3 Å². The molecule has 1 aliphatic carbocycles. The van der Waals surface area contributed by atoms with Crippen molar-refractivity contribution in [3.63, 3.8) is 0 Å². The van der Waals surface area contributed by atoms with E-state index in [0.29, 0.717) is 28.9 Å². The fourth-order valence-electron chi connectivity index (χ4n) is 3.50. The molecule has 2 fully saturated rings. The summed E-state index contributed by atoms with van der Waals surface area (Å²) in [6.45, 7) is 0.876. The highest BCUT2D eigenvalue weighted by atomic mass is 35.5. The maximum Gasteiger partial charge on any atom is 0.142 e. The molecule has 3 nitrogen and oxygen atoms in total. The van der Waals surface area contributed by atoms with Crippen molar-refractivity contribution in [1.82, 2.24) is 0 Å². The zero-order valence-corrected chi connectivity index (χ0v) is 13.6. The summed E-state index contributed by atoms with van der Waals surface area (Å²) in [5, 5.41) is 1.09. The van der Waals surface area contributed by atoms with E-state index >= 15 is 0 Å². The average molecular weight is 330 g/mol. The number of halogens is 2. The number of hydrogen-bond donors (Lipinski definition) is 1. The Morgan fingerprint density at radius 2 is 2.00 bits per heavy atom. The summed E-state index contributed by atoms with van der Waals surface area (Å²) in [4.78, 5) is 0. The van der Waals surface area contributed by atoms with Crippen LogP contribution in [0, 0.1) is 0 Å². The van der Waals surface area contributed by atoms with Gasteiger partial charge in [0.15, 0.2) is 0 Å². The Balaban J connectivity index is 1.63. The molecule has 1 atom stereocenters. The van der Waals surface area contributed by atoms with Gasteiger partial charge in [0, 0.05) is 17.1 Å². The number of nitrogens with two attached hydrogens (primary N) is 1. The maximum absolute atomic E-state index is 6.24.